The molecular weight excluding hydrogens is 330 g/mol. The van der Waals surface area contributed by atoms with Crippen LogP contribution < -0.4 is 0 Å². The van der Waals surface area contributed by atoms with Crippen LogP contribution in [0.2, 0.25) is 0 Å². The van der Waals surface area contributed by atoms with Crippen molar-refractivity contribution in [1.82, 2.24) is 4.90 Å². The largest absolute Gasteiger partial charge is 0.465 e. The smallest absolute Gasteiger partial charge is 0.308 e. The molecule has 0 radical (unpaired) electrons. The summed E-state index contributed by atoms with van der Waals surface area (Å²) < 4.78 is 5.27. The number of benzene rings is 2. The topological polar surface area (TPSA) is 63.7 Å². The molecule has 0 fully saturated rings. The summed E-state index contributed by atoms with van der Waals surface area (Å²) in [5.74, 6) is -0.968. The molecule has 1 unspecified atom stereocenters. The Hall–Kier alpha value is -2.95. The summed E-state index contributed by atoms with van der Waals surface area (Å²) in [6.45, 7) is 4.21. The molecule has 5 heteroatoms. The van der Waals surface area contributed by atoms with Crippen LogP contribution in [0.4, 0.5) is 0 Å². The van der Waals surface area contributed by atoms with Gasteiger partial charge in [-0.05, 0) is 23.6 Å². The number of hydrogen-bond acceptors (Lipinski definition) is 4. The van der Waals surface area contributed by atoms with Crippen molar-refractivity contribution in [3.63, 3.8) is 0 Å². The number of amides is 2. The molecule has 5 nitrogen and oxygen atoms in total. The lowest BCUT2D eigenvalue weighted by Crippen LogP contribution is -2.35. The lowest BCUT2D eigenvalue weighted by molar-refractivity contribution is -0.145. The summed E-state index contributed by atoms with van der Waals surface area (Å²) >= 11 is 0. The minimum absolute atomic E-state index is 0.0673. The number of carbonyl (C=O) groups excluding carboxylic acids is 3. The molecule has 26 heavy (non-hydrogen) atoms. The van der Waals surface area contributed by atoms with E-state index in [1.54, 1.807) is 24.3 Å². The van der Waals surface area contributed by atoms with Gasteiger partial charge in [0.15, 0.2) is 0 Å². The van der Waals surface area contributed by atoms with Gasteiger partial charge in [-0.25, -0.2) is 0 Å². The molecule has 0 N–H and O–H groups in total. The van der Waals surface area contributed by atoms with Crippen molar-refractivity contribution in [2.75, 3.05) is 6.61 Å². The number of hydrogen-bond donors (Lipinski definition) is 0. The van der Waals surface area contributed by atoms with E-state index in [-0.39, 0.29) is 24.2 Å². The molecule has 1 aliphatic heterocycles. The Morgan fingerprint density at radius 2 is 1.46 bits per heavy atom. The van der Waals surface area contributed by atoms with Gasteiger partial charge in [-0.3, -0.25) is 19.3 Å². The van der Waals surface area contributed by atoms with Gasteiger partial charge in [-0.15, -0.1) is 0 Å². The monoisotopic (exact) mass is 351 g/mol. The Balaban J connectivity index is 1.91. The summed E-state index contributed by atoms with van der Waals surface area (Å²) in [4.78, 5) is 39.1. The van der Waals surface area contributed by atoms with Gasteiger partial charge in [-0.1, -0.05) is 56.3 Å². The first-order chi connectivity index (χ1) is 12.5. The van der Waals surface area contributed by atoms with E-state index in [1.165, 1.54) is 4.90 Å². The Labute approximate surface area is 152 Å². The normalized spacial score (nSPS) is 14.5. The predicted octanol–water partition coefficient (Wildman–Crippen LogP) is 3.61. The van der Waals surface area contributed by atoms with Crippen molar-refractivity contribution < 1.29 is 19.1 Å². The molecule has 3 rings (SSSR count). The number of fused-ring (bicyclic) bond motifs is 1. The van der Waals surface area contributed by atoms with Crippen LogP contribution in [0.3, 0.4) is 0 Å². The molecule has 2 aromatic carbocycles. The predicted molar refractivity (Wildman–Crippen MR) is 96.5 cm³/mol. The lowest BCUT2D eigenvalue weighted by Gasteiger charge is -2.26. The van der Waals surface area contributed by atoms with Crippen LogP contribution in [0, 0.1) is 5.92 Å². The Bertz CT molecular complexity index is 794. The number of rotatable bonds is 6. The van der Waals surface area contributed by atoms with E-state index in [0.717, 1.165) is 5.56 Å². The third-order valence-corrected chi connectivity index (χ3v) is 4.26. The molecule has 134 valence electrons. The lowest BCUT2D eigenvalue weighted by atomic mass is 10.0. The highest BCUT2D eigenvalue weighted by Gasteiger charge is 2.41. The van der Waals surface area contributed by atoms with E-state index in [4.69, 9.17) is 4.74 Å². The van der Waals surface area contributed by atoms with E-state index in [1.807, 2.05) is 44.2 Å². The second-order valence-corrected chi connectivity index (χ2v) is 6.73. The van der Waals surface area contributed by atoms with Gasteiger partial charge < -0.3 is 4.74 Å². The zero-order valence-electron chi connectivity index (χ0n) is 14.8. The Morgan fingerprint density at radius 1 is 0.923 bits per heavy atom. The Morgan fingerprint density at radius 3 is 2.00 bits per heavy atom. The third kappa shape index (κ3) is 3.52. The zero-order chi connectivity index (χ0) is 18.7. The number of ether oxygens (including phenoxy) is 1. The van der Waals surface area contributed by atoms with Crippen molar-refractivity contribution in [1.29, 1.82) is 0 Å². The SMILES string of the molecule is CC(C)COC(=O)CC(c1ccccc1)N1C(=O)c2ccccc2C1=O. The first-order valence-corrected chi connectivity index (χ1v) is 8.66. The molecule has 2 amide bonds. The van der Waals surface area contributed by atoms with Gasteiger partial charge in [0.2, 0.25) is 0 Å². The van der Waals surface area contributed by atoms with E-state index >= 15 is 0 Å². The van der Waals surface area contributed by atoms with Gasteiger partial charge in [0.25, 0.3) is 11.8 Å². The van der Waals surface area contributed by atoms with E-state index < -0.39 is 12.0 Å². The first kappa shape index (κ1) is 17.9. The van der Waals surface area contributed by atoms with Crippen molar-refractivity contribution in [2.45, 2.75) is 26.3 Å². The van der Waals surface area contributed by atoms with Gasteiger partial charge in [0.1, 0.15) is 0 Å². The third-order valence-electron chi connectivity index (χ3n) is 4.26. The molecule has 1 aliphatic rings. The van der Waals surface area contributed by atoms with Gasteiger partial charge >= 0.3 is 5.97 Å². The van der Waals surface area contributed by atoms with Crippen molar-refractivity contribution in [3.05, 3.63) is 71.3 Å². The maximum absolute atomic E-state index is 12.8. The second kappa shape index (κ2) is 7.52. The molecule has 0 aliphatic carbocycles. The average molecular weight is 351 g/mol. The van der Waals surface area contributed by atoms with Crippen molar-refractivity contribution in [2.24, 2.45) is 5.92 Å². The minimum atomic E-state index is -0.691. The van der Waals surface area contributed by atoms with Crippen LogP contribution in [0.1, 0.15) is 52.6 Å². The fourth-order valence-electron chi connectivity index (χ4n) is 3.00. The molecule has 1 atom stereocenters. The van der Waals surface area contributed by atoms with Crippen LogP contribution in [-0.2, 0) is 9.53 Å². The molecule has 1 heterocycles. The highest BCUT2D eigenvalue weighted by Crippen LogP contribution is 2.33. The molecular formula is C21H21NO4. The summed E-state index contributed by atoms with van der Waals surface area (Å²) in [6, 6.07) is 15.1. The number of nitrogens with zero attached hydrogens (tertiary/aromatic N) is 1. The van der Waals surface area contributed by atoms with Gasteiger partial charge in [0, 0.05) is 0 Å². The van der Waals surface area contributed by atoms with Crippen molar-refractivity contribution >= 4 is 17.8 Å². The van der Waals surface area contributed by atoms with Crippen LogP contribution in [0.25, 0.3) is 0 Å². The molecule has 0 saturated carbocycles. The van der Waals surface area contributed by atoms with Crippen molar-refractivity contribution in [3.8, 4) is 0 Å². The highest BCUT2D eigenvalue weighted by molar-refractivity contribution is 6.21. The summed E-state index contributed by atoms with van der Waals surface area (Å²) in [7, 11) is 0. The summed E-state index contributed by atoms with van der Waals surface area (Å²) in [6.07, 6.45) is -0.0673. The number of carbonyl (C=O) groups is 3. The van der Waals surface area contributed by atoms with Crippen LogP contribution in [-0.4, -0.2) is 29.3 Å². The molecule has 0 aromatic heterocycles. The zero-order valence-corrected chi connectivity index (χ0v) is 14.8. The Kier molecular flexibility index (Phi) is 5.16. The average Bonchev–Trinajstić information content (AvgIpc) is 2.90. The second-order valence-electron chi connectivity index (χ2n) is 6.73. The highest BCUT2D eigenvalue weighted by atomic mass is 16.5. The maximum Gasteiger partial charge on any atom is 0.308 e. The van der Waals surface area contributed by atoms with E-state index in [9.17, 15) is 14.4 Å². The van der Waals surface area contributed by atoms with E-state index in [2.05, 4.69) is 0 Å². The maximum atomic E-state index is 12.8. The molecule has 0 bridgehead atoms. The van der Waals surface area contributed by atoms with Crippen LogP contribution in [0.15, 0.2) is 54.6 Å². The number of imide groups is 1. The standard InChI is InChI=1S/C21H21NO4/c1-14(2)13-26-19(23)12-18(15-8-4-3-5-9-15)22-20(24)16-10-6-7-11-17(16)21(22)25/h3-11,14,18H,12-13H2,1-2H3. The molecule has 0 spiro atoms. The fourth-order valence-corrected chi connectivity index (χ4v) is 3.00. The van der Waals surface area contributed by atoms with Gasteiger partial charge in [0.05, 0.1) is 30.2 Å². The van der Waals surface area contributed by atoms with Crippen LogP contribution in [0.5, 0.6) is 0 Å². The number of esters is 1. The fraction of sp³-hybridized carbons (Fsp3) is 0.286. The molecule has 0 saturated heterocycles. The molecule has 2 aromatic rings. The quantitative estimate of drug-likeness (QED) is 0.589. The van der Waals surface area contributed by atoms with E-state index in [0.29, 0.717) is 17.7 Å². The van der Waals surface area contributed by atoms with Crippen LogP contribution >= 0.6 is 0 Å². The minimum Gasteiger partial charge on any atom is -0.465 e. The summed E-state index contributed by atoms with van der Waals surface area (Å²) in [5.41, 5.74) is 1.46. The first-order valence-electron chi connectivity index (χ1n) is 8.66. The summed E-state index contributed by atoms with van der Waals surface area (Å²) in [5, 5.41) is 0. The van der Waals surface area contributed by atoms with Gasteiger partial charge in [-0.2, -0.15) is 0 Å².